The van der Waals surface area contributed by atoms with Crippen molar-refractivity contribution in [2.24, 2.45) is 5.92 Å². The smallest absolute Gasteiger partial charge is 0.182 e. The van der Waals surface area contributed by atoms with E-state index in [9.17, 15) is 4.79 Å². The molecule has 0 aromatic carbocycles. The first-order chi connectivity index (χ1) is 7.97. The van der Waals surface area contributed by atoms with Crippen molar-refractivity contribution in [3.63, 3.8) is 0 Å². The fourth-order valence-electron chi connectivity index (χ4n) is 1.75. The van der Waals surface area contributed by atoms with Crippen LogP contribution in [-0.4, -0.2) is 29.3 Å². The minimum absolute atomic E-state index is 0.0192. The van der Waals surface area contributed by atoms with Gasteiger partial charge in [-0.15, -0.1) is 0 Å². The Morgan fingerprint density at radius 2 is 2.18 bits per heavy atom. The van der Waals surface area contributed by atoms with Crippen molar-refractivity contribution in [3.05, 3.63) is 16.9 Å². The molecule has 0 bridgehead atoms. The number of carbonyl (C=O) groups excluding carboxylic acids is 1. The minimum Gasteiger partial charge on any atom is -0.384 e. The summed E-state index contributed by atoms with van der Waals surface area (Å²) in [5.74, 6) is 0.199. The van der Waals surface area contributed by atoms with Crippen LogP contribution in [0.2, 0.25) is 5.02 Å². The van der Waals surface area contributed by atoms with Gasteiger partial charge in [0, 0.05) is 26.2 Å². The molecule has 1 atom stereocenters. The number of Topliss-reactive ketones (excluding diaryl/α,β-unsaturated/α-hetero) is 1. The van der Waals surface area contributed by atoms with Crippen molar-refractivity contribution in [2.75, 3.05) is 13.7 Å². The molecule has 0 aliphatic heterocycles. The van der Waals surface area contributed by atoms with E-state index in [1.54, 1.807) is 11.8 Å². The van der Waals surface area contributed by atoms with Gasteiger partial charge in [-0.25, -0.2) is 0 Å². The van der Waals surface area contributed by atoms with Gasteiger partial charge >= 0.3 is 0 Å². The molecule has 0 N–H and O–H groups in total. The summed E-state index contributed by atoms with van der Waals surface area (Å²) in [6.45, 7) is 6.49. The zero-order valence-corrected chi connectivity index (χ0v) is 11.5. The highest BCUT2D eigenvalue weighted by atomic mass is 35.5. The molecule has 0 amide bonds. The number of aromatic nitrogens is 2. The van der Waals surface area contributed by atoms with Crippen LogP contribution in [0.5, 0.6) is 0 Å². The first kappa shape index (κ1) is 14.2. The van der Waals surface area contributed by atoms with E-state index in [1.807, 2.05) is 20.8 Å². The van der Waals surface area contributed by atoms with Gasteiger partial charge in [-0.1, -0.05) is 18.5 Å². The van der Waals surface area contributed by atoms with Crippen molar-refractivity contribution >= 4 is 17.4 Å². The van der Waals surface area contributed by atoms with Gasteiger partial charge in [0.1, 0.15) is 5.69 Å². The number of carbonyl (C=O) groups is 1. The maximum Gasteiger partial charge on any atom is 0.182 e. The standard InChI is InChI=1S/C12H19ClN2O2/c1-8(2)15-12(10(13)6-14-15)11(16)5-9(3)7-17-4/h6,8-9H,5,7H2,1-4H3. The van der Waals surface area contributed by atoms with Crippen LogP contribution in [0.15, 0.2) is 6.20 Å². The van der Waals surface area contributed by atoms with Gasteiger partial charge in [-0.05, 0) is 19.8 Å². The Bertz CT molecular complexity index is 388. The molecule has 0 spiro atoms. The molecule has 5 heteroatoms. The summed E-state index contributed by atoms with van der Waals surface area (Å²) in [5, 5.41) is 4.55. The highest BCUT2D eigenvalue weighted by molar-refractivity contribution is 6.33. The quantitative estimate of drug-likeness (QED) is 0.737. The SMILES string of the molecule is COCC(C)CC(=O)c1c(Cl)cnn1C(C)C. The summed E-state index contributed by atoms with van der Waals surface area (Å²) >= 11 is 6.01. The molecule has 1 aromatic rings. The van der Waals surface area contributed by atoms with Crippen molar-refractivity contribution < 1.29 is 9.53 Å². The van der Waals surface area contributed by atoms with Crippen LogP contribution in [0.1, 0.15) is 43.7 Å². The second-order valence-corrected chi connectivity index (χ2v) is 4.97. The fourth-order valence-corrected chi connectivity index (χ4v) is 1.99. The molecule has 0 saturated carbocycles. The van der Waals surface area contributed by atoms with Crippen LogP contribution in [0.25, 0.3) is 0 Å². The topological polar surface area (TPSA) is 44.1 Å². The van der Waals surface area contributed by atoms with Crippen LogP contribution in [0.4, 0.5) is 0 Å². The molecule has 17 heavy (non-hydrogen) atoms. The van der Waals surface area contributed by atoms with Crippen LogP contribution >= 0.6 is 11.6 Å². The van der Waals surface area contributed by atoms with Gasteiger partial charge in [0.2, 0.25) is 0 Å². The molecule has 1 unspecified atom stereocenters. The zero-order chi connectivity index (χ0) is 13.0. The van der Waals surface area contributed by atoms with E-state index in [2.05, 4.69) is 5.10 Å². The van der Waals surface area contributed by atoms with Crippen LogP contribution in [0.3, 0.4) is 0 Å². The number of nitrogens with zero attached hydrogens (tertiary/aromatic N) is 2. The number of hydrogen-bond donors (Lipinski definition) is 0. The van der Waals surface area contributed by atoms with E-state index in [-0.39, 0.29) is 17.7 Å². The average molecular weight is 259 g/mol. The molecule has 0 saturated heterocycles. The van der Waals surface area contributed by atoms with Gasteiger partial charge < -0.3 is 4.74 Å². The molecular weight excluding hydrogens is 240 g/mol. The van der Waals surface area contributed by atoms with Gasteiger partial charge in [0.25, 0.3) is 0 Å². The number of ether oxygens (including phenoxy) is 1. The Morgan fingerprint density at radius 3 is 2.71 bits per heavy atom. The van der Waals surface area contributed by atoms with E-state index in [4.69, 9.17) is 16.3 Å². The van der Waals surface area contributed by atoms with Gasteiger partial charge in [0.05, 0.1) is 11.2 Å². The monoisotopic (exact) mass is 258 g/mol. The Hall–Kier alpha value is -0.870. The predicted octanol–water partition coefficient (Wildman–Crippen LogP) is 2.97. The Labute approximate surface area is 107 Å². The predicted molar refractivity (Wildman–Crippen MR) is 67.6 cm³/mol. The molecule has 0 aliphatic rings. The van der Waals surface area contributed by atoms with Crippen molar-refractivity contribution in [3.8, 4) is 0 Å². The summed E-state index contributed by atoms with van der Waals surface area (Å²) in [7, 11) is 1.63. The summed E-state index contributed by atoms with van der Waals surface area (Å²) in [5.41, 5.74) is 0.504. The summed E-state index contributed by atoms with van der Waals surface area (Å²) < 4.78 is 6.69. The number of hydrogen-bond acceptors (Lipinski definition) is 3. The van der Waals surface area contributed by atoms with Crippen molar-refractivity contribution in [1.29, 1.82) is 0 Å². The molecule has 0 radical (unpaired) electrons. The molecule has 0 fully saturated rings. The lowest BCUT2D eigenvalue weighted by Crippen LogP contribution is -2.16. The highest BCUT2D eigenvalue weighted by Crippen LogP contribution is 2.22. The molecule has 1 heterocycles. The van der Waals surface area contributed by atoms with Crippen molar-refractivity contribution in [2.45, 2.75) is 33.2 Å². The third-order valence-electron chi connectivity index (χ3n) is 2.49. The van der Waals surface area contributed by atoms with E-state index in [0.717, 1.165) is 0 Å². The number of rotatable bonds is 6. The molecule has 4 nitrogen and oxygen atoms in total. The number of methoxy groups -OCH3 is 1. The van der Waals surface area contributed by atoms with Crippen LogP contribution in [-0.2, 0) is 4.74 Å². The van der Waals surface area contributed by atoms with Crippen LogP contribution in [0, 0.1) is 5.92 Å². The molecular formula is C12H19ClN2O2. The lowest BCUT2D eigenvalue weighted by molar-refractivity contribution is 0.0908. The average Bonchev–Trinajstić information content (AvgIpc) is 2.60. The largest absolute Gasteiger partial charge is 0.384 e. The van der Waals surface area contributed by atoms with E-state index in [0.29, 0.717) is 23.7 Å². The Morgan fingerprint density at radius 1 is 1.53 bits per heavy atom. The Balaban J connectivity index is 2.84. The van der Waals surface area contributed by atoms with E-state index >= 15 is 0 Å². The first-order valence-corrected chi connectivity index (χ1v) is 6.10. The zero-order valence-electron chi connectivity index (χ0n) is 10.7. The maximum atomic E-state index is 12.1. The maximum absolute atomic E-state index is 12.1. The summed E-state index contributed by atoms with van der Waals surface area (Å²) in [4.78, 5) is 12.1. The van der Waals surface area contributed by atoms with E-state index < -0.39 is 0 Å². The van der Waals surface area contributed by atoms with Crippen LogP contribution < -0.4 is 0 Å². The molecule has 1 rings (SSSR count). The number of ketones is 1. The summed E-state index contributed by atoms with van der Waals surface area (Å²) in [6.07, 6.45) is 1.95. The van der Waals surface area contributed by atoms with E-state index in [1.165, 1.54) is 6.20 Å². The molecule has 0 aliphatic carbocycles. The second kappa shape index (κ2) is 6.17. The van der Waals surface area contributed by atoms with Crippen molar-refractivity contribution in [1.82, 2.24) is 9.78 Å². The lowest BCUT2D eigenvalue weighted by atomic mass is 10.0. The Kier molecular flexibility index (Phi) is 5.15. The minimum atomic E-state index is 0.0192. The highest BCUT2D eigenvalue weighted by Gasteiger charge is 2.20. The first-order valence-electron chi connectivity index (χ1n) is 5.72. The number of halogens is 1. The fraction of sp³-hybridized carbons (Fsp3) is 0.667. The normalized spacial score (nSPS) is 13.1. The molecule has 96 valence electrons. The lowest BCUT2D eigenvalue weighted by Gasteiger charge is -2.13. The van der Waals surface area contributed by atoms with Gasteiger partial charge in [-0.2, -0.15) is 5.10 Å². The third kappa shape index (κ3) is 3.54. The third-order valence-corrected chi connectivity index (χ3v) is 2.77. The summed E-state index contributed by atoms with van der Waals surface area (Å²) in [6, 6.07) is 0.124. The second-order valence-electron chi connectivity index (χ2n) is 4.57. The van der Waals surface area contributed by atoms with Gasteiger partial charge in [-0.3, -0.25) is 9.48 Å². The molecule has 1 aromatic heterocycles. The van der Waals surface area contributed by atoms with Gasteiger partial charge in [0.15, 0.2) is 5.78 Å².